The van der Waals surface area contributed by atoms with Crippen LogP contribution in [0.5, 0.6) is 0 Å². The van der Waals surface area contributed by atoms with Crippen molar-refractivity contribution in [2.24, 2.45) is 11.3 Å². The van der Waals surface area contributed by atoms with Gasteiger partial charge in [0.15, 0.2) is 0 Å². The van der Waals surface area contributed by atoms with Gasteiger partial charge in [0.05, 0.1) is 11.3 Å². The van der Waals surface area contributed by atoms with E-state index in [1.165, 1.54) is 0 Å². The van der Waals surface area contributed by atoms with Crippen LogP contribution in [0.2, 0.25) is 0 Å². The van der Waals surface area contributed by atoms with Crippen molar-refractivity contribution in [2.75, 3.05) is 18.0 Å². The highest BCUT2D eigenvalue weighted by Gasteiger charge is 2.29. The minimum atomic E-state index is -0.862. The molecule has 0 atom stereocenters. The minimum absolute atomic E-state index is 0.335. The van der Waals surface area contributed by atoms with Gasteiger partial charge in [0, 0.05) is 17.6 Å². The highest BCUT2D eigenvalue weighted by atomic mass is 79.9. The quantitative estimate of drug-likeness (QED) is 0.867. The summed E-state index contributed by atoms with van der Waals surface area (Å²) in [5, 5.41) is 9.35. The Bertz CT molecular complexity index is 500. The average molecular weight is 340 g/mol. The van der Waals surface area contributed by atoms with Crippen LogP contribution in [0.1, 0.15) is 44.0 Å². The number of hydrogen-bond donors (Lipinski definition) is 1. The fourth-order valence-electron chi connectivity index (χ4n) is 2.94. The number of carboxylic acids is 1. The summed E-state index contributed by atoms with van der Waals surface area (Å²) in [6, 6.07) is 5.51. The van der Waals surface area contributed by atoms with Crippen LogP contribution in [-0.4, -0.2) is 24.2 Å². The number of aromatic carboxylic acids is 1. The van der Waals surface area contributed by atoms with E-state index < -0.39 is 5.97 Å². The van der Waals surface area contributed by atoms with Gasteiger partial charge in [0.25, 0.3) is 0 Å². The molecule has 1 aromatic rings. The van der Waals surface area contributed by atoms with Crippen molar-refractivity contribution < 1.29 is 9.90 Å². The first-order valence-electron chi connectivity index (χ1n) is 7.07. The molecule has 2 rings (SSSR count). The first-order chi connectivity index (χ1) is 9.29. The first-order valence-corrected chi connectivity index (χ1v) is 7.86. The summed E-state index contributed by atoms with van der Waals surface area (Å²) in [5.41, 5.74) is 1.56. The third kappa shape index (κ3) is 3.35. The number of carbonyl (C=O) groups is 1. The van der Waals surface area contributed by atoms with Gasteiger partial charge < -0.3 is 10.0 Å². The Morgan fingerprint density at radius 3 is 2.40 bits per heavy atom. The predicted molar refractivity (Wildman–Crippen MR) is 85.5 cm³/mol. The molecular formula is C16H22BrNO2. The second kappa shape index (κ2) is 5.76. The summed E-state index contributed by atoms with van der Waals surface area (Å²) in [6.45, 7) is 8.73. The molecule has 0 aromatic heterocycles. The van der Waals surface area contributed by atoms with Crippen molar-refractivity contribution in [1.82, 2.24) is 0 Å². The van der Waals surface area contributed by atoms with E-state index in [-0.39, 0.29) is 0 Å². The topological polar surface area (TPSA) is 40.5 Å². The van der Waals surface area contributed by atoms with Crippen molar-refractivity contribution >= 4 is 27.6 Å². The number of rotatable bonds is 2. The van der Waals surface area contributed by atoms with Gasteiger partial charge in [0.1, 0.15) is 0 Å². The molecule has 20 heavy (non-hydrogen) atoms. The largest absolute Gasteiger partial charge is 0.478 e. The molecule has 1 N–H and O–H groups in total. The van der Waals surface area contributed by atoms with E-state index in [1.54, 1.807) is 6.07 Å². The number of carboxylic acid groups (broad SMARTS) is 1. The molecule has 4 heteroatoms. The van der Waals surface area contributed by atoms with Gasteiger partial charge >= 0.3 is 5.97 Å². The molecule has 0 bridgehead atoms. The number of piperidine rings is 1. The summed E-state index contributed by atoms with van der Waals surface area (Å²) < 4.78 is 0.809. The third-order valence-corrected chi connectivity index (χ3v) is 4.74. The lowest BCUT2D eigenvalue weighted by Gasteiger charge is -2.40. The molecule has 1 aromatic carbocycles. The van der Waals surface area contributed by atoms with Crippen LogP contribution in [-0.2, 0) is 0 Å². The fraction of sp³-hybridized carbons (Fsp3) is 0.562. The monoisotopic (exact) mass is 339 g/mol. The highest BCUT2D eigenvalue weighted by Crippen LogP contribution is 2.36. The normalized spacial score (nSPS) is 17.3. The molecule has 0 radical (unpaired) electrons. The molecule has 0 unspecified atom stereocenters. The maximum absolute atomic E-state index is 11.4. The van der Waals surface area contributed by atoms with Crippen LogP contribution in [0, 0.1) is 11.3 Å². The Hall–Kier alpha value is -1.03. The first kappa shape index (κ1) is 15.4. The van der Waals surface area contributed by atoms with Crippen molar-refractivity contribution in [3.63, 3.8) is 0 Å². The van der Waals surface area contributed by atoms with E-state index in [1.807, 2.05) is 12.1 Å². The number of anilines is 1. The molecule has 3 nitrogen and oxygen atoms in total. The predicted octanol–water partition coefficient (Wildman–Crippen LogP) is 4.41. The van der Waals surface area contributed by atoms with Gasteiger partial charge in [0.2, 0.25) is 0 Å². The van der Waals surface area contributed by atoms with Gasteiger partial charge in [-0.2, -0.15) is 0 Å². The Morgan fingerprint density at radius 1 is 1.30 bits per heavy atom. The molecule has 0 aliphatic carbocycles. The van der Waals surface area contributed by atoms with E-state index in [0.29, 0.717) is 16.9 Å². The molecule has 0 saturated carbocycles. The van der Waals surface area contributed by atoms with Crippen LogP contribution in [0.15, 0.2) is 22.7 Å². The zero-order chi connectivity index (χ0) is 14.9. The lowest BCUT2D eigenvalue weighted by molar-refractivity contribution is 0.0697. The maximum Gasteiger partial charge on any atom is 0.337 e. The van der Waals surface area contributed by atoms with Crippen molar-refractivity contribution in [3.8, 4) is 0 Å². The lowest BCUT2D eigenvalue weighted by Crippen LogP contribution is -2.38. The zero-order valence-electron chi connectivity index (χ0n) is 12.3. The molecular weight excluding hydrogens is 318 g/mol. The number of halogens is 1. The second-order valence-corrected chi connectivity index (χ2v) is 7.51. The van der Waals surface area contributed by atoms with Crippen molar-refractivity contribution in [3.05, 3.63) is 28.2 Å². The summed E-state index contributed by atoms with van der Waals surface area (Å²) in [4.78, 5) is 13.6. The third-order valence-electron chi connectivity index (χ3n) is 4.25. The Balaban J connectivity index is 2.17. The fourth-order valence-corrected chi connectivity index (χ4v) is 3.30. The lowest BCUT2D eigenvalue weighted by atomic mass is 9.75. The number of benzene rings is 1. The van der Waals surface area contributed by atoms with E-state index >= 15 is 0 Å². The summed E-state index contributed by atoms with van der Waals surface area (Å²) in [6.07, 6.45) is 2.25. The molecule has 0 spiro atoms. The molecule has 0 amide bonds. The average Bonchev–Trinajstić information content (AvgIpc) is 2.37. The molecule has 1 aliphatic heterocycles. The molecule has 110 valence electrons. The highest BCUT2D eigenvalue weighted by molar-refractivity contribution is 9.10. The smallest absolute Gasteiger partial charge is 0.337 e. The van der Waals surface area contributed by atoms with Crippen molar-refractivity contribution in [2.45, 2.75) is 33.6 Å². The SMILES string of the molecule is CC(C)(C)C1CCN(c2ccc(Br)cc2C(=O)O)CC1. The van der Waals surface area contributed by atoms with E-state index in [4.69, 9.17) is 0 Å². The van der Waals surface area contributed by atoms with Gasteiger partial charge in [-0.25, -0.2) is 4.79 Å². The Morgan fingerprint density at radius 2 is 1.90 bits per heavy atom. The van der Waals surface area contributed by atoms with Crippen LogP contribution in [0.25, 0.3) is 0 Å². The van der Waals surface area contributed by atoms with Gasteiger partial charge in [-0.15, -0.1) is 0 Å². The zero-order valence-corrected chi connectivity index (χ0v) is 13.9. The molecule has 1 aliphatic rings. The Kier molecular flexibility index (Phi) is 4.43. The summed E-state index contributed by atoms with van der Waals surface area (Å²) >= 11 is 3.34. The summed E-state index contributed by atoms with van der Waals surface area (Å²) in [7, 11) is 0. The van der Waals surface area contributed by atoms with Gasteiger partial charge in [-0.3, -0.25) is 0 Å². The van der Waals surface area contributed by atoms with Crippen LogP contribution in [0.3, 0.4) is 0 Å². The Labute approximate surface area is 129 Å². The minimum Gasteiger partial charge on any atom is -0.478 e. The second-order valence-electron chi connectivity index (χ2n) is 6.59. The maximum atomic E-state index is 11.4. The van der Waals surface area contributed by atoms with E-state index in [9.17, 15) is 9.90 Å². The van der Waals surface area contributed by atoms with Crippen molar-refractivity contribution in [1.29, 1.82) is 0 Å². The van der Waals surface area contributed by atoms with Crippen LogP contribution < -0.4 is 4.90 Å². The number of hydrogen-bond acceptors (Lipinski definition) is 2. The van der Waals surface area contributed by atoms with Crippen LogP contribution in [0.4, 0.5) is 5.69 Å². The standard InChI is InChI=1S/C16H22BrNO2/c1-16(2,3)11-6-8-18(9-7-11)14-5-4-12(17)10-13(14)15(19)20/h4-5,10-11H,6-9H2,1-3H3,(H,19,20). The molecule has 1 heterocycles. The molecule has 1 saturated heterocycles. The van der Waals surface area contributed by atoms with E-state index in [2.05, 4.69) is 41.6 Å². The van der Waals surface area contributed by atoms with Crippen LogP contribution >= 0.6 is 15.9 Å². The van der Waals surface area contributed by atoms with Gasteiger partial charge in [-0.1, -0.05) is 36.7 Å². The molecule has 1 fully saturated rings. The summed E-state index contributed by atoms with van der Waals surface area (Å²) in [5.74, 6) is -0.151. The number of nitrogens with zero attached hydrogens (tertiary/aromatic N) is 1. The van der Waals surface area contributed by atoms with E-state index in [0.717, 1.165) is 36.1 Å². The van der Waals surface area contributed by atoms with Gasteiger partial charge in [-0.05, 0) is 42.4 Å².